The number of ether oxygens (including phenoxy) is 2. The van der Waals surface area contributed by atoms with E-state index in [2.05, 4.69) is 31.4 Å². The number of fused-ring (bicyclic) bond motifs is 3. The zero-order valence-corrected chi connectivity index (χ0v) is 22.7. The van der Waals surface area contributed by atoms with Gasteiger partial charge in [0.1, 0.15) is 42.1 Å². The molecule has 5 N–H and O–H groups in total. The van der Waals surface area contributed by atoms with Gasteiger partial charge >= 0.3 is 0 Å². The quantitative estimate of drug-likeness (QED) is 0.342. The van der Waals surface area contributed by atoms with Crippen LogP contribution in [0.15, 0.2) is 12.2 Å². The number of rotatable bonds is 2. The van der Waals surface area contributed by atoms with E-state index < -0.39 is 48.1 Å². The monoisotopic (exact) mass is 532 g/mol. The summed E-state index contributed by atoms with van der Waals surface area (Å²) in [5.74, 6) is 0.668. The molecular weight excluding hydrogens is 487 g/mol. The molecule has 2 bridgehead atoms. The van der Waals surface area contributed by atoms with Gasteiger partial charge in [-0.2, -0.15) is 0 Å². The maximum absolute atomic E-state index is 14.2. The lowest BCUT2D eigenvalue weighted by atomic mass is 9.87. The molecule has 3 fully saturated rings. The van der Waals surface area contributed by atoms with Crippen LogP contribution < -0.4 is 10.6 Å². The van der Waals surface area contributed by atoms with Crippen LogP contribution in [0.4, 0.5) is 4.39 Å². The van der Waals surface area contributed by atoms with Crippen molar-refractivity contribution in [1.29, 1.82) is 0 Å². The van der Waals surface area contributed by atoms with Gasteiger partial charge in [-0.15, -0.1) is 11.8 Å². The molecule has 0 aromatic carbocycles. The van der Waals surface area contributed by atoms with Crippen LogP contribution >= 0.6 is 11.8 Å². The maximum atomic E-state index is 14.2. The van der Waals surface area contributed by atoms with Gasteiger partial charge in [-0.25, -0.2) is 4.39 Å². The van der Waals surface area contributed by atoms with Crippen molar-refractivity contribution in [2.24, 2.45) is 17.8 Å². The van der Waals surface area contributed by atoms with Crippen LogP contribution in [-0.2, 0) is 14.3 Å². The van der Waals surface area contributed by atoms with Crippen molar-refractivity contribution >= 4 is 17.7 Å². The number of hydrogen-bond donors (Lipinski definition) is 5. The molecule has 4 aliphatic heterocycles. The van der Waals surface area contributed by atoms with E-state index in [-0.39, 0.29) is 36.0 Å². The average molecular weight is 533 g/mol. The fraction of sp³-hybridized carbons (Fsp3) is 0.885. The van der Waals surface area contributed by atoms with Gasteiger partial charge in [0.2, 0.25) is 5.91 Å². The molecule has 0 aromatic heterocycles. The first-order chi connectivity index (χ1) is 17.1. The number of carbonyl (C=O) groups excluding carboxylic acids is 1. The van der Waals surface area contributed by atoms with Gasteiger partial charge in [-0.1, -0.05) is 46.3 Å². The maximum Gasteiger partial charge on any atom is 0.240 e. The lowest BCUT2D eigenvalue weighted by Crippen LogP contribution is -2.65. The van der Waals surface area contributed by atoms with E-state index in [0.29, 0.717) is 13.2 Å². The molecule has 10 unspecified atom stereocenters. The summed E-state index contributed by atoms with van der Waals surface area (Å²) in [7, 11) is 0. The van der Waals surface area contributed by atoms with Gasteiger partial charge in [0.05, 0.1) is 12.1 Å². The third-order valence-electron chi connectivity index (χ3n) is 7.06. The van der Waals surface area contributed by atoms with Gasteiger partial charge in [-0.3, -0.25) is 4.79 Å². The predicted molar refractivity (Wildman–Crippen MR) is 138 cm³/mol. The minimum Gasteiger partial charge on any atom is -0.388 e. The van der Waals surface area contributed by atoms with Crippen LogP contribution in [0, 0.1) is 17.8 Å². The van der Waals surface area contributed by atoms with Crippen molar-refractivity contribution < 1.29 is 34.0 Å². The van der Waals surface area contributed by atoms with Crippen molar-refractivity contribution in [3.05, 3.63) is 12.2 Å². The zero-order valence-electron chi connectivity index (χ0n) is 21.9. The Morgan fingerprint density at radius 1 is 1.14 bits per heavy atom. The molecule has 4 rings (SSSR count). The van der Waals surface area contributed by atoms with Gasteiger partial charge in [0.25, 0.3) is 0 Å². The Balaban J connectivity index is 0.000000840. The van der Waals surface area contributed by atoms with Gasteiger partial charge < -0.3 is 35.4 Å². The van der Waals surface area contributed by atoms with Crippen LogP contribution in [0.25, 0.3) is 0 Å². The molecule has 8 nitrogen and oxygen atoms in total. The summed E-state index contributed by atoms with van der Waals surface area (Å²) in [6, 6.07) is -1.19. The third-order valence-corrected chi connectivity index (χ3v) is 8.34. The Morgan fingerprint density at radius 3 is 2.58 bits per heavy atom. The molecule has 0 saturated carbocycles. The highest BCUT2D eigenvalue weighted by Crippen LogP contribution is 2.34. The standard InChI is InChI=1S/C22H35FN2O6S.C4H10/c1-11-5-4-7-13(23)10-32-22-18(28)16(26)17(27)20(31-22)14(11)25-21(29)15-19-12(9-24-15)6-2-3-8-30-19;1-4(2)3/h4-5,11-20,22,24,26-28H,2-3,6-10H2,1H3,(H,25,29);4H,1-3H3/b5-4-;/t11-,12?,13?,14?,15?,16?,17?,18?,19?,20?,22?;/m1./s1. The molecule has 1 amide bonds. The molecule has 10 heteroatoms. The fourth-order valence-electron chi connectivity index (χ4n) is 5.15. The molecule has 0 spiro atoms. The van der Waals surface area contributed by atoms with Gasteiger partial charge in [-0.05, 0) is 37.0 Å². The van der Waals surface area contributed by atoms with E-state index in [4.69, 9.17) is 9.47 Å². The second-order valence-electron chi connectivity index (χ2n) is 11.1. The zero-order chi connectivity index (χ0) is 26.4. The number of amides is 1. The normalized spacial score (nSPS) is 44.3. The van der Waals surface area contributed by atoms with Crippen LogP contribution in [0.1, 0.15) is 53.4 Å². The lowest BCUT2D eigenvalue weighted by molar-refractivity contribution is -0.207. The minimum absolute atomic E-state index is 0.0966. The fourth-order valence-corrected chi connectivity index (χ4v) is 6.25. The number of aliphatic hydroxyl groups is 3. The number of carbonyl (C=O) groups is 1. The van der Waals surface area contributed by atoms with Crippen LogP contribution in [-0.4, -0.2) is 94.3 Å². The molecule has 4 aliphatic rings. The van der Waals surface area contributed by atoms with E-state index in [1.54, 1.807) is 6.08 Å². The van der Waals surface area contributed by atoms with Crippen molar-refractivity contribution in [2.75, 3.05) is 18.9 Å². The number of nitrogens with one attached hydrogen (secondary N) is 2. The molecule has 0 aliphatic carbocycles. The highest BCUT2D eigenvalue weighted by atomic mass is 32.2. The smallest absolute Gasteiger partial charge is 0.240 e. The predicted octanol–water partition coefficient (Wildman–Crippen LogP) is 1.77. The van der Waals surface area contributed by atoms with Crippen LogP contribution in [0.5, 0.6) is 0 Å². The summed E-state index contributed by atoms with van der Waals surface area (Å²) in [5.41, 5.74) is -0.902. The summed E-state index contributed by atoms with van der Waals surface area (Å²) in [4.78, 5) is 13.3. The van der Waals surface area contributed by atoms with Crippen molar-refractivity contribution in [3.8, 4) is 0 Å². The highest BCUT2D eigenvalue weighted by Gasteiger charge is 2.49. The summed E-state index contributed by atoms with van der Waals surface area (Å²) < 4.78 is 26.2. The number of thioether (sulfide) groups is 1. The first-order valence-corrected chi connectivity index (χ1v) is 14.4. The van der Waals surface area contributed by atoms with Gasteiger partial charge in [0.15, 0.2) is 0 Å². The number of hydrogen-bond acceptors (Lipinski definition) is 8. The van der Waals surface area contributed by atoms with E-state index in [1.807, 2.05) is 13.0 Å². The van der Waals surface area contributed by atoms with E-state index >= 15 is 0 Å². The second-order valence-corrected chi connectivity index (χ2v) is 12.3. The van der Waals surface area contributed by atoms with Crippen LogP contribution in [0.3, 0.4) is 0 Å². The van der Waals surface area contributed by atoms with Crippen molar-refractivity contribution in [3.63, 3.8) is 0 Å². The van der Waals surface area contributed by atoms with E-state index in [0.717, 1.165) is 36.9 Å². The molecular formula is C26H45FN2O6S. The lowest BCUT2D eigenvalue weighted by Gasteiger charge is -2.44. The van der Waals surface area contributed by atoms with Crippen molar-refractivity contribution in [1.82, 2.24) is 10.6 Å². The Hall–Kier alpha value is -0.750. The third kappa shape index (κ3) is 7.65. The molecule has 0 aromatic rings. The van der Waals surface area contributed by atoms with Gasteiger partial charge in [0, 0.05) is 18.9 Å². The average Bonchev–Trinajstić information content (AvgIpc) is 3.07. The van der Waals surface area contributed by atoms with Crippen LogP contribution in [0.2, 0.25) is 0 Å². The molecule has 11 atom stereocenters. The first-order valence-electron chi connectivity index (χ1n) is 13.4. The SMILES string of the molecule is CC(C)C.C[C@@H]1/C=C\CC(F)CSC2OC(C(O)C(O)C2O)C1NC(=O)C1NCC2CCCCOC21. The Morgan fingerprint density at radius 2 is 1.86 bits per heavy atom. The second kappa shape index (κ2) is 13.9. The summed E-state index contributed by atoms with van der Waals surface area (Å²) >= 11 is 1.07. The summed E-state index contributed by atoms with van der Waals surface area (Å²) in [6.45, 7) is 9.70. The largest absolute Gasteiger partial charge is 0.388 e. The molecule has 4 heterocycles. The number of aliphatic hydroxyl groups excluding tert-OH is 3. The number of alkyl halides is 1. The summed E-state index contributed by atoms with van der Waals surface area (Å²) in [6.07, 6.45) is 0.342. The Bertz CT molecular complexity index is 728. The Labute approximate surface area is 218 Å². The van der Waals surface area contributed by atoms with Crippen molar-refractivity contribution in [2.45, 2.75) is 108 Å². The topological polar surface area (TPSA) is 120 Å². The molecule has 36 heavy (non-hydrogen) atoms. The summed E-state index contributed by atoms with van der Waals surface area (Å²) in [5, 5.41) is 37.8. The number of halogens is 1. The van der Waals surface area contributed by atoms with E-state index in [9.17, 15) is 24.5 Å². The highest BCUT2D eigenvalue weighted by molar-refractivity contribution is 7.99. The molecule has 3 saturated heterocycles. The minimum atomic E-state index is -1.46. The Kier molecular flexibility index (Phi) is 11.5. The first kappa shape index (κ1) is 29.8. The number of allylic oxidation sites excluding steroid dienone is 1. The van der Waals surface area contributed by atoms with E-state index in [1.165, 1.54) is 0 Å². The molecule has 208 valence electrons. The molecule has 0 radical (unpaired) electrons.